The molecule has 0 radical (unpaired) electrons. The lowest BCUT2D eigenvalue weighted by atomic mass is 9.82. The molecule has 28 heavy (non-hydrogen) atoms. The minimum Gasteiger partial charge on any atom is -0.456 e. The lowest BCUT2D eigenvalue weighted by Gasteiger charge is -2.32. The monoisotopic (exact) mass is 387 g/mol. The topological polar surface area (TPSA) is 46.6 Å². The first-order valence-electron chi connectivity index (χ1n) is 8.73. The van der Waals surface area contributed by atoms with Crippen molar-refractivity contribution in [3.63, 3.8) is 0 Å². The molecule has 7 heteroatoms. The van der Waals surface area contributed by atoms with Gasteiger partial charge < -0.3 is 4.74 Å². The van der Waals surface area contributed by atoms with Gasteiger partial charge in [0.25, 0.3) is 0 Å². The second-order valence-electron chi connectivity index (χ2n) is 6.84. The van der Waals surface area contributed by atoms with E-state index in [2.05, 4.69) is 0 Å². The van der Waals surface area contributed by atoms with Crippen LogP contribution in [0.4, 0.5) is 18.9 Å². The fourth-order valence-corrected chi connectivity index (χ4v) is 3.77. The SMILES string of the molecule is Cc1ccc(N2C(=O)CC(c3ccccc3C(F)(F)F)C3=C2COC3=O)cc1. The van der Waals surface area contributed by atoms with Crippen LogP contribution in [0, 0.1) is 6.92 Å². The van der Waals surface area contributed by atoms with Crippen molar-refractivity contribution in [1.29, 1.82) is 0 Å². The summed E-state index contributed by atoms with van der Waals surface area (Å²) >= 11 is 0. The number of halogens is 3. The number of hydrogen-bond donors (Lipinski definition) is 0. The van der Waals surface area contributed by atoms with Crippen LogP contribution in [0.25, 0.3) is 0 Å². The largest absolute Gasteiger partial charge is 0.456 e. The number of carbonyl (C=O) groups excluding carboxylic acids is 2. The average molecular weight is 387 g/mol. The maximum absolute atomic E-state index is 13.5. The fraction of sp³-hybridized carbons (Fsp3) is 0.238. The summed E-state index contributed by atoms with van der Waals surface area (Å²) in [5, 5.41) is 0. The number of benzene rings is 2. The van der Waals surface area contributed by atoms with E-state index in [-0.39, 0.29) is 30.1 Å². The summed E-state index contributed by atoms with van der Waals surface area (Å²) in [6.07, 6.45) is -4.83. The number of esters is 1. The van der Waals surface area contributed by atoms with Crippen LogP contribution in [-0.2, 0) is 20.5 Å². The minimum absolute atomic E-state index is 0.0849. The zero-order valence-corrected chi connectivity index (χ0v) is 14.9. The van der Waals surface area contributed by atoms with E-state index in [0.29, 0.717) is 11.4 Å². The van der Waals surface area contributed by atoms with Crippen molar-refractivity contribution in [3.05, 3.63) is 76.5 Å². The van der Waals surface area contributed by atoms with E-state index in [1.807, 2.05) is 19.1 Å². The molecular weight excluding hydrogens is 371 g/mol. The highest BCUT2D eigenvalue weighted by Crippen LogP contribution is 2.45. The molecule has 2 heterocycles. The Labute approximate surface area is 159 Å². The smallest absolute Gasteiger partial charge is 0.416 e. The summed E-state index contributed by atoms with van der Waals surface area (Å²) in [5.74, 6) is -2.04. The Kier molecular flexibility index (Phi) is 4.25. The van der Waals surface area contributed by atoms with Gasteiger partial charge in [-0.2, -0.15) is 13.2 Å². The molecule has 0 aromatic heterocycles. The number of carbonyl (C=O) groups is 2. The van der Waals surface area contributed by atoms with Crippen molar-refractivity contribution in [2.75, 3.05) is 11.5 Å². The number of amides is 1. The first kappa shape index (κ1) is 18.3. The van der Waals surface area contributed by atoms with Crippen molar-refractivity contribution in [1.82, 2.24) is 0 Å². The highest BCUT2D eigenvalue weighted by Gasteiger charge is 2.45. The molecule has 144 valence electrons. The molecule has 2 aromatic rings. The second-order valence-corrected chi connectivity index (χ2v) is 6.84. The Bertz CT molecular complexity index is 993. The molecule has 0 spiro atoms. The minimum atomic E-state index is -4.59. The van der Waals surface area contributed by atoms with E-state index < -0.39 is 23.6 Å². The lowest BCUT2D eigenvalue weighted by Crippen LogP contribution is -2.38. The van der Waals surface area contributed by atoms with Crippen molar-refractivity contribution in [2.24, 2.45) is 0 Å². The van der Waals surface area contributed by atoms with Crippen LogP contribution in [0.15, 0.2) is 59.8 Å². The molecule has 0 bridgehead atoms. The molecule has 0 aliphatic carbocycles. The van der Waals surface area contributed by atoms with Crippen LogP contribution in [0.5, 0.6) is 0 Å². The van der Waals surface area contributed by atoms with E-state index in [9.17, 15) is 22.8 Å². The number of nitrogens with zero attached hydrogens (tertiary/aromatic N) is 1. The van der Waals surface area contributed by atoms with E-state index in [1.54, 1.807) is 12.1 Å². The van der Waals surface area contributed by atoms with Gasteiger partial charge in [-0.1, -0.05) is 35.9 Å². The van der Waals surface area contributed by atoms with E-state index in [1.165, 1.54) is 23.1 Å². The van der Waals surface area contributed by atoms with Crippen molar-refractivity contribution >= 4 is 17.6 Å². The highest BCUT2D eigenvalue weighted by atomic mass is 19.4. The summed E-state index contributed by atoms with van der Waals surface area (Å²) in [6.45, 7) is 1.76. The van der Waals surface area contributed by atoms with Gasteiger partial charge in [0.2, 0.25) is 5.91 Å². The third-order valence-corrected chi connectivity index (χ3v) is 5.05. The Morgan fingerprint density at radius 2 is 1.71 bits per heavy atom. The highest BCUT2D eigenvalue weighted by molar-refractivity contribution is 6.06. The number of ether oxygens (including phenoxy) is 1. The van der Waals surface area contributed by atoms with Gasteiger partial charge in [-0.15, -0.1) is 0 Å². The Morgan fingerprint density at radius 1 is 1.04 bits per heavy atom. The fourth-order valence-electron chi connectivity index (χ4n) is 3.77. The van der Waals surface area contributed by atoms with Crippen LogP contribution in [-0.4, -0.2) is 18.5 Å². The van der Waals surface area contributed by atoms with Crippen LogP contribution < -0.4 is 4.90 Å². The van der Waals surface area contributed by atoms with Gasteiger partial charge in [0.15, 0.2) is 0 Å². The van der Waals surface area contributed by atoms with Crippen molar-refractivity contribution < 1.29 is 27.5 Å². The third-order valence-electron chi connectivity index (χ3n) is 5.05. The van der Waals surface area contributed by atoms with Crippen LogP contribution in [0.3, 0.4) is 0 Å². The first-order chi connectivity index (χ1) is 13.3. The standard InChI is InChI=1S/C21H16F3NO3/c1-12-6-8-13(9-7-12)25-17-11-28-20(27)19(17)15(10-18(25)26)14-4-2-3-5-16(14)21(22,23)24/h2-9,15H,10-11H2,1H3. The van der Waals surface area contributed by atoms with Gasteiger partial charge in [-0.25, -0.2) is 4.79 Å². The summed E-state index contributed by atoms with van der Waals surface area (Å²) < 4.78 is 45.6. The van der Waals surface area contributed by atoms with Crippen LogP contribution in [0.2, 0.25) is 0 Å². The van der Waals surface area contributed by atoms with Crippen molar-refractivity contribution in [2.45, 2.75) is 25.4 Å². The van der Waals surface area contributed by atoms with Crippen molar-refractivity contribution in [3.8, 4) is 0 Å². The van der Waals surface area contributed by atoms with Gasteiger partial charge in [0.1, 0.15) is 6.61 Å². The predicted molar refractivity (Wildman–Crippen MR) is 95.5 cm³/mol. The zero-order valence-electron chi connectivity index (χ0n) is 14.9. The number of hydrogen-bond acceptors (Lipinski definition) is 3. The van der Waals surface area contributed by atoms with Gasteiger partial charge in [-0.05, 0) is 30.7 Å². The molecule has 4 rings (SSSR count). The van der Waals surface area contributed by atoms with E-state index in [0.717, 1.165) is 11.6 Å². The van der Waals surface area contributed by atoms with Gasteiger partial charge >= 0.3 is 12.1 Å². The van der Waals surface area contributed by atoms with Crippen LogP contribution >= 0.6 is 0 Å². The Hall–Kier alpha value is -3.09. The number of aryl methyl sites for hydroxylation is 1. The summed E-state index contributed by atoms with van der Waals surface area (Å²) in [5.41, 5.74) is 1.06. The molecular formula is C21H16F3NO3. The molecule has 1 atom stereocenters. The number of anilines is 1. The predicted octanol–water partition coefficient (Wildman–Crippen LogP) is 4.35. The maximum Gasteiger partial charge on any atom is 0.416 e. The molecule has 4 nitrogen and oxygen atoms in total. The van der Waals surface area contributed by atoms with Gasteiger partial charge in [0.05, 0.1) is 16.8 Å². The maximum atomic E-state index is 13.5. The quantitative estimate of drug-likeness (QED) is 0.720. The number of alkyl halides is 3. The Balaban J connectivity index is 1.86. The molecule has 2 aliphatic rings. The van der Waals surface area contributed by atoms with Crippen LogP contribution in [0.1, 0.15) is 29.0 Å². The molecule has 0 saturated carbocycles. The van der Waals surface area contributed by atoms with Gasteiger partial charge in [-0.3, -0.25) is 9.69 Å². The molecule has 0 N–H and O–H groups in total. The zero-order chi connectivity index (χ0) is 20.1. The van der Waals surface area contributed by atoms with Gasteiger partial charge in [0, 0.05) is 18.0 Å². The average Bonchev–Trinajstić information content (AvgIpc) is 3.03. The third kappa shape index (κ3) is 2.96. The second kappa shape index (κ2) is 6.51. The normalized spacial score (nSPS) is 19.7. The number of rotatable bonds is 2. The number of cyclic esters (lactones) is 1. The molecule has 1 amide bonds. The molecule has 2 aromatic carbocycles. The summed E-state index contributed by atoms with van der Waals surface area (Å²) in [4.78, 5) is 26.7. The molecule has 1 unspecified atom stereocenters. The first-order valence-corrected chi connectivity index (χ1v) is 8.73. The van der Waals surface area contributed by atoms with E-state index in [4.69, 9.17) is 4.74 Å². The Morgan fingerprint density at radius 3 is 2.39 bits per heavy atom. The molecule has 0 saturated heterocycles. The molecule has 0 fully saturated rings. The summed E-state index contributed by atoms with van der Waals surface area (Å²) in [6, 6.07) is 12.2. The summed E-state index contributed by atoms with van der Waals surface area (Å²) in [7, 11) is 0. The van der Waals surface area contributed by atoms with E-state index >= 15 is 0 Å². The molecule has 2 aliphatic heterocycles. The lowest BCUT2D eigenvalue weighted by molar-refractivity contribution is -0.139.